The smallest absolute Gasteiger partial charge is 0.283 e. The van der Waals surface area contributed by atoms with Crippen LogP contribution in [-0.2, 0) is 6.61 Å². The van der Waals surface area contributed by atoms with E-state index in [4.69, 9.17) is 16.3 Å². The van der Waals surface area contributed by atoms with Crippen molar-refractivity contribution < 1.29 is 9.53 Å². The van der Waals surface area contributed by atoms with E-state index in [1.54, 1.807) is 13.1 Å². The second kappa shape index (κ2) is 7.75. The van der Waals surface area contributed by atoms with Crippen LogP contribution in [0.1, 0.15) is 22.3 Å². The molecular weight excluding hydrogens is 330 g/mol. The molecule has 0 saturated heterocycles. The van der Waals surface area contributed by atoms with E-state index in [2.05, 4.69) is 25.2 Å². The first-order chi connectivity index (χ1) is 10.9. The molecule has 0 aliphatic carbocycles. The van der Waals surface area contributed by atoms with Crippen LogP contribution in [-0.4, -0.2) is 12.3 Å². The quantitative estimate of drug-likeness (QED) is 0.763. The fourth-order valence-corrected chi connectivity index (χ4v) is 3.19. The Morgan fingerprint density at radius 2 is 1.87 bits per heavy atom. The van der Waals surface area contributed by atoms with Crippen molar-refractivity contribution in [1.29, 1.82) is 0 Å². The zero-order chi connectivity index (χ0) is 17.0. The topological polar surface area (TPSA) is 38.3 Å². The maximum Gasteiger partial charge on any atom is 0.283 e. The van der Waals surface area contributed by atoms with Gasteiger partial charge < -0.3 is 10.1 Å². The van der Waals surface area contributed by atoms with E-state index in [9.17, 15) is 4.79 Å². The summed E-state index contributed by atoms with van der Waals surface area (Å²) in [7, 11) is 1.61. The van der Waals surface area contributed by atoms with E-state index in [1.165, 1.54) is 11.1 Å². The molecule has 3 nitrogen and oxygen atoms in total. The average Bonchev–Trinajstić information content (AvgIpc) is 2.51. The summed E-state index contributed by atoms with van der Waals surface area (Å²) in [5.74, 6) is 0.837. The SMILES string of the molecule is CNC(=O)Sc1cccc(Cl)c1COc1cc(C)c(C)cc1C. The van der Waals surface area contributed by atoms with Gasteiger partial charge >= 0.3 is 0 Å². The number of aryl methyl sites for hydroxylation is 3. The van der Waals surface area contributed by atoms with Crippen molar-refractivity contribution in [3.63, 3.8) is 0 Å². The average molecular weight is 350 g/mol. The molecular formula is C18H20ClNO2S. The molecule has 0 aromatic heterocycles. The molecule has 0 fully saturated rings. The second-order valence-corrected chi connectivity index (χ2v) is 6.77. The maximum atomic E-state index is 11.6. The van der Waals surface area contributed by atoms with Crippen molar-refractivity contribution in [1.82, 2.24) is 5.32 Å². The first kappa shape index (κ1) is 17.7. The molecule has 2 aromatic carbocycles. The first-order valence-corrected chi connectivity index (χ1v) is 8.49. The molecule has 0 heterocycles. The third-order valence-electron chi connectivity index (χ3n) is 3.65. The maximum absolute atomic E-state index is 11.6. The Kier molecular flexibility index (Phi) is 5.97. The van der Waals surface area contributed by atoms with E-state index in [0.717, 1.165) is 33.5 Å². The lowest BCUT2D eigenvalue weighted by Crippen LogP contribution is -2.11. The molecule has 1 amide bonds. The third kappa shape index (κ3) is 4.43. The van der Waals surface area contributed by atoms with Gasteiger partial charge in [0.1, 0.15) is 12.4 Å². The molecule has 0 saturated carbocycles. The van der Waals surface area contributed by atoms with Crippen molar-refractivity contribution >= 4 is 28.6 Å². The van der Waals surface area contributed by atoms with E-state index >= 15 is 0 Å². The number of nitrogens with one attached hydrogen (secondary N) is 1. The van der Waals surface area contributed by atoms with Gasteiger partial charge in [0.25, 0.3) is 5.24 Å². The van der Waals surface area contributed by atoms with Crippen molar-refractivity contribution in [2.75, 3.05) is 7.05 Å². The van der Waals surface area contributed by atoms with Gasteiger partial charge in [-0.1, -0.05) is 23.7 Å². The second-order valence-electron chi connectivity index (χ2n) is 5.35. The van der Waals surface area contributed by atoms with E-state index in [0.29, 0.717) is 11.6 Å². The van der Waals surface area contributed by atoms with Crippen molar-refractivity contribution in [3.05, 3.63) is 57.6 Å². The van der Waals surface area contributed by atoms with Gasteiger partial charge in [0.05, 0.1) is 0 Å². The summed E-state index contributed by atoms with van der Waals surface area (Å²) in [4.78, 5) is 12.4. The molecule has 122 valence electrons. The van der Waals surface area contributed by atoms with E-state index < -0.39 is 0 Å². The Balaban J connectivity index is 2.23. The van der Waals surface area contributed by atoms with E-state index in [1.807, 2.05) is 25.1 Å². The summed E-state index contributed by atoms with van der Waals surface area (Å²) in [6.07, 6.45) is 0. The first-order valence-electron chi connectivity index (χ1n) is 7.30. The Bertz CT molecular complexity index is 731. The van der Waals surface area contributed by atoms with Crippen LogP contribution in [0.15, 0.2) is 35.2 Å². The van der Waals surface area contributed by atoms with Crippen LogP contribution in [0.3, 0.4) is 0 Å². The molecule has 0 spiro atoms. The number of benzene rings is 2. The Morgan fingerprint density at radius 3 is 2.57 bits per heavy atom. The molecule has 0 unspecified atom stereocenters. The Morgan fingerprint density at radius 1 is 1.17 bits per heavy atom. The fraction of sp³-hybridized carbons (Fsp3) is 0.278. The third-order valence-corrected chi connectivity index (χ3v) is 4.99. The molecule has 2 aromatic rings. The molecule has 0 atom stereocenters. The van der Waals surface area contributed by atoms with Crippen LogP contribution >= 0.6 is 23.4 Å². The highest BCUT2D eigenvalue weighted by molar-refractivity contribution is 8.13. The van der Waals surface area contributed by atoms with Crippen LogP contribution in [0.5, 0.6) is 5.75 Å². The lowest BCUT2D eigenvalue weighted by atomic mass is 10.1. The summed E-state index contributed by atoms with van der Waals surface area (Å²) in [6, 6.07) is 9.65. The number of thioether (sulfide) groups is 1. The number of carbonyl (C=O) groups is 1. The molecule has 1 N–H and O–H groups in total. The van der Waals surface area contributed by atoms with Crippen molar-refractivity contribution in [3.8, 4) is 5.75 Å². The molecule has 0 radical (unpaired) electrons. The van der Waals surface area contributed by atoms with Gasteiger partial charge in [-0.2, -0.15) is 0 Å². The zero-order valence-electron chi connectivity index (χ0n) is 13.7. The summed E-state index contributed by atoms with van der Waals surface area (Å²) in [5, 5.41) is 3.07. The van der Waals surface area contributed by atoms with Crippen molar-refractivity contribution in [2.24, 2.45) is 0 Å². The highest BCUT2D eigenvalue weighted by atomic mass is 35.5. The van der Waals surface area contributed by atoms with Crippen LogP contribution in [0.4, 0.5) is 4.79 Å². The summed E-state index contributed by atoms with van der Waals surface area (Å²) >= 11 is 7.41. The normalized spacial score (nSPS) is 10.5. The van der Waals surface area contributed by atoms with Crippen LogP contribution < -0.4 is 10.1 Å². The van der Waals surface area contributed by atoms with Crippen molar-refractivity contribution in [2.45, 2.75) is 32.3 Å². The van der Waals surface area contributed by atoms with Gasteiger partial charge in [0.15, 0.2) is 0 Å². The number of hydrogen-bond donors (Lipinski definition) is 1. The van der Waals surface area contributed by atoms with Gasteiger partial charge in [0.2, 0.25) is 0 Å². The number of rotatable bonds is 4. The zero-order valence-corrected chi connectivity index (χ0v) is 15.3. The lowest BCUT2D eigenvalue weighted by molar-refractivity contribution is 0.262. The van der Waals surface area contributed by atoms with Crippen LogP contribution in [0.25, 0.3) is 0 Å². The largest absolute Gasteiger partial charge is 0.489 e. The van der Waals surface area contributed by atoms with E-state index in [-0.39, 0.29) is 5.24 Å². The minimum atomic E-state index is -0.129. The number of ether oxygens (including phenoxy) is 1. The fourth-order valence-electron chi connectivity index (χ4n) is 2.16. The summed E-state index contributed by atoms with van der Waals surface area (Å²) in [5.41, 5.74) is 4.33. The minimum absolute atomic E-state index is 0.129. The van der Waals surface area contributed by atoms with Gasteiger partial charge in [-0.05, 0) is 67.4 Å². The minimum Gasteiger partial charge on any atom is -0.489 e. The van der Waals surface area contributed by atoms with Gasteiger partial charge in [0, 0.05) is 22.5 Å². The van der Waals surface area contributed by atoms with Crippen LogP contribution in [0.2, 0.25) is 5.02 Å². The summed E-state index contributed by atoms with van der Waals surface area (Å²) in [6.45, 7) is 6.49. The molecule has 0 bridgehead atoms. The molecule has 0 aliphatic rings. The van der Waals surface area contributed by atoms with Gasteiger partial charge in [-0.15, -0.1) is 0 Å². The van der Waals surface area contributed by atoms with Gasteiger partial charge in [-0.25, -0.2) is 0 Å². The highest BCUT2D eigenvalue weighted by Gasteiger charge is 2.13. The highest BCUT2D eigenvalue weighted by Crippen LogP contribution is 2.31. The number of carbonyl (C=O) groups excluding carboxylic acids is 1. The number of amides is 1. The predicted molar refractivity (Wildman–Crippen MR) is 96.7 cm³/mol. The van der Waals surface area contributed by atoms with Gasteiger partial charge in [-0.3, -0.25) is 4.79 Å². The standard InChI is InChI=1S/C18H20ClNO2S/c1-11-8-13(3)16(9-12(11)2)22-10-14-15(19)6-5-7-17(14)23-18(21)20-4/h5-9H,10H2,1-4H3,(H,20,21). The number of halogens is 1. The molecule has 2 rings (SSSR count). The lowest BCUT2D eigenvalue weighted by Gasteiger charge is -2.14. The Hall–Kier alpha value is -1.65. The Labute approximate surface area is 146 Å². The molecule has 23 heavy (non-hydrogen) atoms. The molecule has 5 heteroatoms. The molecule has 0 aliphatic heterocycles. The van der Waals surface area contributed by atoms with Crippen LogP contribution in [0, 0.1) is 20.8 Å². The number of hydrogen-bond acceptors (Lipinski definition) is 3. The summed E-state index contributed by atoms with van der Waals surface area (Å²) < 4.78 is 5.97. The monoisotopic (exact) mass is 349 g/mol. The predicted octanol–water partition coefficient (Wildman–Crippen LogP) is 5.28.